The number of thiazole rings is 1. The highest BCUT2D eigenvalue weighted by atomic mass is 79.9. The minimum atomic E-state index is -0.799. The molecule has 1 atom stereocenters. The van der Waals surface area contributed by atoms with Gasteiger partial charge in [-0.25, -0.2) is 9.79 Å². The number of rotatable bonds is 8. The molecular formula is C32H32BrN3O6S. The maximum Gasteiger partial charge on any atom is 0.338 e. The second-order valence-corrected chi connectivity index (χ2v) is 12.1. The Labute approximate surface area is 260 Å². The van der Waals surface area contributed by atoms with Gasteiger partial charge in [0.25, 0.3) is 5.56 Å². The third-order valence-corrected chi connectivity index (χ3v) is 9.13. The van der Waals surface area contributed by atoms with Gasteiger partial charge in [-0.1, -0.05) is 55.0 Å². The summed E-state index contributed by atoms with van der Waals surface area (Å²) in [6, 6.07) is 12.8. The number of allylic oxidation sites excluding steroid dienone is 1. The number of aromatic nitrogens is 1. The lowest BCUT2D eigenvalue weighted by Gasteiger charge is -2.28. The van der Waals surface area contributed by atoms with Crippen molar-refractivity contribution in [3.05, 3.63) is 89.2 Å². The van der Waals surface area contributed by atoms with Gasteiger partial charge in [0.05, 0.1) is 47.2 Å². The van der Waals surface area contributed by atoms with Gasteiger partial charge in [0.15, 0.2) is 4.80 Å². The summed E-state index contributed by atoms with van der Waals surface area (Å²) in [6.45, 7) is 6.70. The Balaban J connectivity index is 1.59. The highest BCUT2D eigenvalue weighted by molar-refractivity contribution is 9.10. The molecule has 0 amide bonds. The van der Waals surface area contributed by atoms with E-state index in [1.165, 1.54) is 11.3 Å². The first-order valence-electron chi connectivity index (χ1n) is 14.3. The quantitative estimate of drug-likeness (QED) is 0.246. The normalized spacial score (nSPS) is 17.3. The first-order valence-corrected chi connectivity index (χ1v) is 16.0. The van der Waals surface area contributed by atoms with E-state index in [-0.39, 0.29) is 12.2 Å². The number of morpholine rings is 1. The second kappa shape index (κ2) is 12.5. The highest BCUT2D eigenvalue weighted by Crippen LogP contribution is 2.41. The molecule has 0 unspecified atom stereocenters. The highest BCUT2D eigenvalue weighted by Gasteiger charge is 2.37. The fourth-order valence-corrected chi connectivity index (χ4v) is 7.25. The fourth-order valence-electron chi connectivity index (χ4n) is 5.69. The summed E-state index contributed by atoms with van der Waals surface area (Å²) in [7, 11) is 1.60. The molecule has 0 aliphatic carbocycles. The van der Waals surface area contributed by atoms with Crippen LogP contribution in [-0.2, 0) is 14.3 Å². The van der Waals surface area contributed by atoms with Crippen LogP contribution in [-0.4, -0.2) is 50.6 Å². The fraction of sp³-hybridized carbons (Fsp3) is 0.344. The van der Waals surface area contributed by atoms with Crippen molar-refractivity contribution in [2.24, 2.45) is 4.99 Å². The van der Waals surface area contributed by atoms with Crippen LogP contribution in [0.3, 0.4) is 0 Å². The first-order chi connectivity index (χ1) is 20.9. The van der Waals surface area contributed by atoms with E-state index in [1.807, 2.05) is 49.4 Å². The second-order valence-electron chi connectivity index (χ2n) is 10.2. The zero-order valence-electron chi connectivity index (χ0n) is 24.2. The molecule has 0 saturated carbocycles. The molecular weight excluding hydrogens is 634 g/mol. The Kier molecular flexibility index (Phi) is 8.56. The van der Waals surface area contributed by atoms with Crippen molar-refractivity contribution in [3.8, 4) is 5.75 Å². The number of ether oxygens (including phenoxy) is 3. The lowest BCUT2D eigenvalue weighted by atomic mass is 9.90. The van der Waals surface area contributed by atoms with E-state index in [0.29, 0.717) is 57.6 Å². The molecule has 2 aromatic heterocycles. The number of hydrogen-bond donors (Lipinski definition) is 0. The number of anilines is 1. The van der Waals surface area contributed by atoms with Crippen LogP contribution in [0.5, 0.6) is 5.75 Å². The number of carbonyl (C=O) groups is 1. The monoisotopic (exact) mass is 665 g/mol. The van der Waals surface area contributed by atoms with Crippen molar-refractivity contribution in [2.45, 2.75) is 32.7 Å². The third kappa shape index (κ3) is 5.45. The number of esters is 1. The van der Waals surface area contributed by atoms with Crippen molar-refractivity contribution >= 4 is 56.0 Å². The van der Waals surface area contributed by atoms with E-state index in [4.69, 9.17) is 23.6 Å². The van der Waals surface area contributed by atoms with Gasteiger partial charge in [0, 0.05) is 30.8 Å². The standard InChI is InChI=1S/C32H32BrN3O6S/c1-4-8-23-27(31(38)41-5-2)28(26-21-10-7-6-9-19(21)11-12-24(26)39-3)36-29(37)25(43-32(36)34-23)18-20-17-22(33)30(42-20)35-13-15-40-16-14-35/h6-7,9-12,17-18,28H,4-5,8,13-16H2,1-3H3/b25-18+/t28-/m0/s1. The molecule has 43 heavy (non-hydrogen) atoms. The minimum Gasteiger partial charge on any atom is -0.496 e. The molecule has 0 spiro atoms. The minimum absolute atomic E-state index is 0.199. The number of methoxy groups -OCH3 is 1. The average molecular weight is 667 g/mol. The topological polar surface area (TPSA) is 95.5 Å². The maximum atomic E-state index is 14.3. The predicted molar refractivity (Wildman–Crippen MR) is 170 cm³/mol. The predicted octanol–water partition coefficient (Wildman–Crippen LogP) is 4.93. The van der Waals surface area contributed by atoms with E-state index < -0.39 is 12.0 Å². The molecule has 224 valence electrons. The molecule has 6 rings (SSSR count). The van der Waals surface area contributed by atoms with Gasteiger partial charge >= 0.3 is 5.97 Å². The zero-order chi connectivity index (χ0) is 30.1. The molecule has 0 N–H and O–H groups in total. The Hall–Kier alpha value is -3.67. The van der Waals surface area contributed by atoms with Gasteiger partial charge in [-0.15, -0.1) is 0 Å². The van der Waals surface area contributed by atoms with Crippen LogP contribution in [0.25, 0.3) is 16.8 Å². The number of fused-ring (bicyclic) bond motifs is 2. The molecule has 1 saturated heterocycles. The largest absolute Gasteiger partial charge is 0.496 e. The molecule has 11 heteroatoms. The van der Waals surface area contributed by atoms with Crippen LogP contribution < -0.4 is 24.5 Å². The Morgan fingerprint density at radius 2 is 1.98 bits per heavy atom. The number of halogens is 1. The van der Waals surface area contributed by atoms with Gasteiger partial charge in [-0.3, -0.25) is 9.36 Å². The third-order valence-electron chi connectivity index (χ3n) is 7.58. The molecule has 4 aromatic rings. The van der Waals surface area contributed by atoms with Gasteiger partial charge in [0.2, 0.25) is 5.88 Å². The van der Waals surface area contributed by atoms with Crippen molar-refractivity contribution < 1.29 is 23.4 Å². The van der Waals surface area contributed by atoms with E-state index >= 15 is 0 Å². The number of nitrogens with zero attached hydrogens (tertiary/aromatic N) is 3. The van der Waals surface area contributed by atoms with Crippen molar-refractivity contribution in [1.29, 1.82) is 0 Å². The SMILES string of the molecule is CCCC1=C(C(=O)OCC)[C@H](c2c(OC)ccc3ccccc23)n2c(s/c(=C/c3cc(Br)c(N4CCOCC4)o3)c2=O)=N1. The van der Waals surface area contributed by atoms with Crippen LogP contribution in [0.2, 0.25) is 0 Å². The van der Waals surface area contributed by atoms with Crippen LogP contribution in [0.4, 0.5) is 5.88 Å². The molecule has 4 heterocycles. The summed E-state index contributed by atoms with van der Waals surface area (Å²) < 4.78 is 26.0. The molecule has 1 fully saturated rings. The lowest BCUT2D eigenvalue weighted by Crippen LogP contribution is -2.40. The molecule has 9 nitrogen and oxygen atoms in total. The van der Waals surface area contributed by atoms with Crippen molar-refractivity contribution in [3.63, 3.8) is 0 Å². The molecule has 0 radical (unpaired) electrons. The summed E-state index contributed by atoms with van der Waals surface area (Å²) in [5.41, 5.74) is 1.41. The van der Waals surface area contributed by atoms with E-state index in [2.05, 4.69) is 20.8 Å². The summed E-state index contributed by atoms with van der Waals surface area (Å²) in [5, 5.41) is 1.85. The molecule has 2 aliphatic rings. The van der Waals surface area contributed by atoms with Crippen LogP contribution >= 0.6 is 27.3 Å². The van der Waals surface area contributed by atoms with E-state index in [9.17, 15) is 9.59 Å². The molecule has 2 aliphatic heterocycles. The average Bonchev–Trinajstić information content (AvgIpc) is 3.54. The molecule has 0 bridgehead atoms. The van der Waals surface area contributed by atoms with Crippen molar-refractivity contribution in [1.82, 2.24) is 4.57 Å². The first kappa shape index (κ1) is 29.4. The number of benzene rings is 2. The summed E-state index contributed by atoms with van der Waals surface area (Å²) in [5.74, 6) is 1.32. The number of carbonyl (C=O) groups excluding carboxylic acids is 1. The van der Waals surface area contributed by atoms with E-state index in [1.54, 1.807) is 24.7 Å². The van der Waals surface area contributed by atoms with E-state index in [0.717, 1.165) is 40.3 Å². The summed E-state index contributed by atoms with van der Waals surface area (Å²) in [4.78, 5) is 35.5. The zero-order valence-corrected chi connectivity index (χ0v) is 26.6. The van der Waals surface area contributed by atoms with Gasteiger partial charge in [0.1, 0.15) is 17.6 Å². The Bertz CT molecular complexity index is 1900. The van der Waals surface area contributed by atoms with Gasteiger partial charge in [-0.2, -0.15) is 0 Å². The summed E-state index contributed by atoms with van der Waals surface area (Å²) >= 11 is 4.89. The Morgan fingerprint density at radius 3 is 2.72 bits per heavy atom. The Morgan fingerprint density at radius 1 is 1.19 bits per heavy atom. The summed E-state index contributed by atoms with van der Waals surface area (Å²) in [6.07, 6.45) is 3.06. The maximum absolute atomic E-state index is 14.3. The smallest absolute Gasteiger partial charge is 0.338 e. The van der Waals surface area contributed by atoms with Crippen molar-refractivity contribution in [2.75, 3.05) is 44.9 Å². The van der Waals surface area contributed by atoms with Crippen LogP contribution in [0.1, 0.15) is 44.1 Å². The molecule has 2 aromatic carbocycles. The lowest BCUT2D eigenvalue weighted by molar-refractivity contribution is -0.139. The van der Waals surface area contributed by atoms with Crippen LogP contribution in [0, 0.1) is 0 Å². The van der Waals surface area contributed by atoms with Gasteiger partial charge < -0.3 is 23.5 Å². The number of furan rings is 1. The van der Waals surface area contributed by atoms with Gasteiger partial charge in [-0.05, 0) is 46.1 Å². The number of hydrogen-bond acceptors (Lipinski definition) is 9. The van der Waals surface area contributed by atoms with Crippen LogP contribution in [0.15, 0.2) is 72.4 Å².